The molecule has 1 N–H and O–H groups in total. The minimum Gasteiger partial charge on any atom is -0.325 e. The molecule has 110 valence electrons. The number of carbonyl (C=O) groups is 2. The number of likely N-dealkylation sites (N-methyl/N-ethyl adjacent to an activating group) is 1. The van der Waals surface area contributed by atoms with Crippen molar-refractivity contribution in [1.82, 2.24) is 14.8 Å². The standard InChI is InChI=1S/C13H19BrN4O2/c1-9(2)18(4)13(20)17(3)8-12(19)16-11-6-5-10(14)7-15-11/h5-7,9H,8H2,1-4H3,(H,15,16,19). The second-order valence-corrected chi connectivity index (χ2v) is 5.67. The largest absolute Gasteiger partial charge is 0.325 e. The molecule has 0 bridgehead atoms. The van der Waals surface area contributed by atoms with Gasteiger partial charge < -0.3 is 15.1 Å². The molecule has 0 radical (unpaired) electrons. The number of halogens is 1. The molecular weight excluding hydrogens is 324 g/mol. The number of hydrogen-bond acceptors (Lipinski definition) is 3. The highest BCUT2D eigenvalue weighted by molar-refractivity contribution is 9.10. The van der Waals surface area contributed by atoms with Gasteiger partial charge in [0, 0.05) is 30.8 Å². The molecule has 0 aliphatic heterocycles. The molecule has 1 rings (SSSR count). The molecular formula is C13H19BrN4O2. The van der Waals surface area contributed by atoms with Crippen LogP contribution in [0, 0.1) is 0 Å². The minimum absolute atomic E-state index is 0.0202. The highest BCUT2D eigenvalue weighted by Gasteiger charge is 2.18. The first-order chi connectivity index (χ1) is 9.31. The molecule has 0 aliphatic carbocycles. The first-order valence-electron chi connectivity index (χ1n) is 6.20. The van der Waals surface area contributed by atoms with Crippen molar-refractivity contribution in [3.05, 3.63) is 22.8 Å². The van der Waals surface area contributed by atoms with E-state index in [1.165, 1.54) is 4.90 Å². The summed E-state index contributed by atoms with van der Waals surface area (Å²) in [5.74, 6) is 0.170. The predicted molar refractivity (Wildman–Crippen MR) is 81.5 cm³/mol. The molecule has 0 saturated carbocycles. The van der Waals surface area contributed by atoms with Gasteiger partial charge in [0.05, 0.1) is 0 Å². The molecule has 0 unspecified atom stereocenters. The number of hydrogen-bond donors (Lipinski definition) is 1. The van der Waals surface area contributed by atoms with Gasteiger partial charge >= 0.3 is 6.03 Å². The molecule has 0 atom stereocenters. The van der Waals surface area contributed by atoms with E-state index in [4.69, 9.17) is 0 Å². The maximum Gasteiger partial charge on any atom is 0.320 e. The maximum atomic E-state index is 12.0. The third-order valence-corrected chi connectivity index (χ3v) is 3.25. The van der Waals surface area contributed by atoms with Crippen molar-refractivity contribution in [2.45, 2.75) is 19.9 Å². The molecule has 0 aliphatic rings. The molecule has 3 amide bonds. The minimum atomic E-state index is -0.284. The van der Waals surface area contributed by atoms with Crippen molar-refractivity contribution >= 4 is 33.7 Å². The van der Waals surface area contributed by atoms with Crippen LogP contribution in [0.3, 0.4) is 0 Å². The number of rotatable bonds is 4. The van der Waals surface area contributed by atoms with Gasteiger partial charge in [0.2, 0.25) is 5.91 Å². The van der Waals surface area contributed by atoms with Crippen LogP contribution in [0.2, 0.25) is 0 Å². The van der Waals surface area contributed by atoms with Gasteiger partial charge in [0.15, 0.2) is 0 Å². The number of nitrogens with one attached hydrogen (secondary N) is 1. The molecule has 0 aromatic carbocycles. The zero-order valence-corrected chi connectivity index (χ0v) is 13.6. The van der Waals surface area contributed by atoms with Gasteiger partial charge in [-0.3, -0.25) is 4.79 Å². The van der Waals surface area contributed by atoms with Crippen LogP contribution < -0.4 is 5.32 Å². The van der Waals surface area contributed by atoms with Gasteiger partial charge in [-0.2, -0.15) is 0 Å². The van der Waals surface area contributed by atoms with Gasteiger partial charge in [-0.25, -0.2) is 9.78 Å². The molecule has 0 fully saturated rings. The Morgan fingerprint density at radius 1 is 1.35 bits per heavy atom. The predicted octanol–water partition coefficient (Wildman–Crippen LogP) is 2.17. The third-order valence-electron chi connectivity index (χ3n) is 2.78. The number of carbonyl (C=O) groups excluding carboxylic acids is 2. The Labute approximate surface area is 127 Å². The van der Waals surface area contributed by atoms with Crippen LogP contribution in [0.5, 0.6) is 0 Å². The summed E-state index contributed by atoms with van der Waals surface area (Å²) in [4.78, 5) is 30.8. The van der Waals surface area contributed by atoms with Crippen molar-refractivity contribution in [3.63, 3.8) is 0 Å². The van der Waals surface area contributed by atoms with Crippen LogP contribution in [-0.4, -0.2) is 53.4 Å². The lowest BCUT2D eigenvalue weighted by Gasteiger charge is -2.27. The van der Waals surface area contributed by atoms with E-state index >= 15 is 0 Å². The van der Waals surface area contributed by atoms with Crippen molar-refractivity contribution in [1.29, 1.82) is 0 Å². The number of amides is 3. The van der Waals surface area contributed by atoms with Crippen molar-refractivity contribution < 1.29 is 9.59 Å². The summed E-state index contributed by atoms with van der Waals surface area (Å²) in [6, 6.07) is 3.36. The summed E-state index contributed by atoms with van der Waals surface area (Å²) < 4.78 is 0.835. The molecule has 7 heteroatoms. The average Bonchev–Trinajstić information content (AvgIpc) is 2.39. The lowest BCUT2D eigenvalue weighted by Crippen LogP contribution is -2.45. The Morgan fingerprint density at radius 2 is 2.00 bits per heavy atom. The van der Waals surface area contributed by atoms with E-state index in [9.17, 15) is 9.59 Å². The van der Waals surface area contributed by atoms with Crippen LogP contribution in [0.15, 0.2) is 22.8 Å². The summed E-state index contributed by atoms with van der Waals surface area (Å²) >= 11 is 3.27. The molecule has 1 aromatic rings. The highest BCUT2D eigenvalue weighted by atomic mass is 79.9. The van der Waals surface area contributed by atoms with E-state index in [2.05, 4.69) is 26.2 Å². The lowest BCUT2D eigenvalue weighted by molar-refractivity contribution is -0.116. The Bertz CT molecular complexity index is 476. The number of urea groups is 1. The number of anilines is 1. The van der Waals surface area contributed by atoms with Gasteiger partial charge in [-0.15, -0.1) is 0 Å². The first kappa shape index (κ1) is 16.4. The SMILES string of the molecule is CC(C)N(C)C(=O)N(C)CC(=O)Nc1ccc(Br)cn1. The number of aromatic nitrogens is 1. The Hall–Kier alpha value is -1.63. The third kappa shape index (κ3) is 4.80. The maximum absolute atomic E-state index is 12.0. The fourth-order valence-electron chi connectivity index (χ4n) is 1.41. The quantitative estimate of drug-likeness (QED) is 0.911. The topological polar surface area (TPSA) is 65.5 Å². The molecule has 0 saturated heterocycles. The smallest absolute Gasteiger partial charge is 0.320 e. The Morgan fingerprint density at radius 3 is 2.50 bits per heavy atom. The number of pyridine rings is 1. The van der Waals surface area contributed by atoms with E-state index in [0.29, 0.717) is 5.82 Å². The zero-order chi connectivity index (χ0) is 15.3. The molecule has 0 spiro atoms. The lowest BCUT2D eigenvalue weighted by atomic mass is 10.3. The van der Waals surface area contributed by atoms with Crippen molar-refractivity contribution in [2.75, 3.05) is 26.0 Å². The molecule has 6 nitrogen and oxygen atoms in total. The van der Waals surface area contributed by atoms with E-state index in [1.807, 2.05) is 13.8 Å². The van der Waals surface area contributed by atoms with E-state index in [-0.39, 0.29) is 24.5 Å². The summed E-state index contributed by atoms with van der Waals surface area (Å²) in [6.07, 6.45) is 1.59. The van der Waals surface area contributed by atoms with Crippen LogP contribution >= 0.6 is 15.9 Å². The van der Waals surface area contributed by atoms with Crippen LogP contribution in [-0.2, 0) is 4.79 Å². The Balaban J connectivity index is 2.53. The fourth-order valence-corrected chi connectivity index (χ4v) is 1.64. The van der Waals surface area contributed by atoms with Crippen LogP contribution in [0.4, 0.5) is 10.6 Å². The second-order valence-electron chi connectivity index (χ2n) is 4.75. The highest BCUT2D eigenvalue weighted by Crippen LogP contribution is 2.10. The van der Waals surface area contributed by atoms with E-state index in [0.717, 1.165) is 4.47 Å². The van der Waals surface area contributed by atoms with Gasteiger partial charge in [-0.05, 0) is 41.9 Å². The molecule has 20 heavy (non-hydrogen) atoms. The van der Waals surface area contributed by atoms with Gasteiger partial charge in [0.25, 0.3) is 0 Å². The summed E-state index contributed by atoms with van der Waals surface area (Å²) in [6.45, 7) is 3.81. The first-order valence-corrected chi connectivity index (χ1v) is 7.00. The zero-order valence-electron chi connectivity index (χ0n) is 12.1. The summed E-state index contributed by atoms with van der Waals surface area (Å²) in [7, 11) is 3.30. The van der Waals surface area contributed by atoms with E-state index < -0.39 is 0 Å². The molecule has 1 aromatic heterocycles. The monoisotopic (exact) mass is 342 g/mol. The summed E-state index contributed by atoms with van der Waals surface area (Å²) in [5.41, 5.74) is 0. The normalized spacial score (nSPS) is 10.3. The second kappa shape index (κ2) is 7.23. The molecule has 1 heterocycles. The van der Waals surface area contributed by atoms with Crippen LogP contribution in [0.1, 0.15) is 13.8 Å². The Kier molecular flexibility index (Phi) is 5.94. The van der Waals surface area contributed by atoms with Crippen molar-refractivity contribution in [2.24, 2.45) is 0 Å². The van der Waals surface area contributed by atoms with Gasteiger partial charge in [-0.1, -0.05) is 0 Å². The average molecular weight is 343 g/mol. The summed E-state index contributed by atoms with van der Waals surface area (Å²) in [5, 5.41) is 2.64. The van der Waals surface area contributed by atoms with Gasteiger partial charge in [0.1, 0.15) is 12.4 Å². The van der Waals surface area contributed by atoms with E-state index in [1.54, 1.807) is 37.3 Å². The van der Waals surface area contributed by atoms with Crippen molar-refractivity contribution in [3.8, 4) is 0 Å². The van der Waals surface area contributed by atoms with Crippen LogP contribution in [0.25, 0.3) is 0 Å². The fraction of sp³-hybridized carbons (Fsp3) is 0.462. The number of nitrogens with zero attached hydrogens (tertiary/aromatic N) is 3.